The number of anilines is 3. The first kappa shape index (κ1) is 19.6. The number of nitrogens with zero attached hydrogens (tertiary/aromatic N) is 3. The van der Waals surface area contributed by atoms with Crippen LogP contribution in [-0.2, 0) is 4.79 Å². The number of rotatable bonds is 4. The van der Waals surface area contributed by atoms with Crippen LogP contribution in [0.5, 0.6) is 0 Å². The van der Waals surface area contributed by atoms with Crippen molar-refractivity contribution < 1.29 is 9.18 Å². The Morgan fingerprint density at radius 2 is 2.03 bits per heavy atom. The Balaban J connectivity index is 1.71. The van der Waals surface area contributed by atoms with Crippen molar-refractivity contribution in [1.82, 2.24) is 9.97 Å². The minimum absolute atomic E-state index is 0.0281. The van der Waals surface area contributed by atoms with Gasteiger partial charge in [-0.2, -0.15) is 5.26 Å². The standard InChI is InChI=1S/C22H21FN6O/c1-10-15(7-27-9-17(10)25)14-5-12-6-18(28-8-16(12)21(26)20(14)23)29-22(30)19-11(2)13(19)3-4-24/h5-9,11,13,19H,3,25-26H2,1-2H3,(H,28,29,30)/t11-,13-,19?/m1/s1. The van der Waals surface area contributed by atoms with Crippen molar-refractivity contribution >= 4 is 33.9 Å². The molecule has 30 heavy (non-hydrogen) atoms. The van der Waals surface area contributed by atoms with Crippen LogP contribution in [0.15, 0.2) is 30.7 Å². The molecular weight excluding hydrogens is 383 g/mol. The maximum absolute atomic E-state index is 15.0. The molecule has 0 spiro atoms. The third kappa shape index (κ3) is 3.18. The van der Waals surface area contributed by atoms with Crippen molar-refractivity contribution in [2.45, 2.75) is 20.3 Å². The SMILES string of the molecule is Cc1c(N)cncc1-c1cc2cc(NC(=O)C3[C@H](C)[C@H]3CC#N)ncc2c(N)c1F. The van der Waals surface area contributed by atoms with Crippen molar-refractivity contribution in [2.75, 3.05) is 16.8 Å². The first-order chi connectivity index (χ1) is 14.3. The van der Waals surface area contributed by atoms with Crippen LogP contribution >= 0.6 is 0 Å². The van der Waals surface area contributed by atoms with Crippen molar-refractivity contribution in [3.63, 3.8) is 0 Å². The molecule has 2 aromatic heterocycles. The van der Waals surface area contributed by atoms with Gasteiger partial charge in [0.1, 0.15) is 5.82 Å². The number of carbonyl (C=O) groups is 1. The number of amides is 1. The molecule has 3 atom stereocenters. The highest BCUT2D eigenvalue weighted by Gasteiger charge is 2.51. The number of fused-ring (bicyclic) bond motifs is 1. The fourth-order valence-electron chi connectivity index (χ4n) is 3.98. The summed E-state index contributed by atoms with van der Waals surface area (Å²) in [6.45, 7) is 3.75. The fraction of sp³-hybridized carbons (Fsp3) is 0.273. The van der Waals surface area contributed by atoms with E-state index in [9.17, 15) is 9.18 Å². The van der Waals surface area contributed by atoms with E-state index in [0.717, 1.165) is 0 Å². The summed E-state index contributed by atoms with van der Waals surface area (Å²) in [4.78, 5) is 20.8. The van der Waals surface area contributed by atoms with E-state index in [1.165, 1.54) is 12.4 Å². The van der Waals surface area contributed by atoms with E-state index >= 15 is 0 Å². The Labute approximate surface area is 172 Å². The molecular formula is C22H21FN6O. The predicted octanol–water partition coefficient (Wildman–Crippen LogP) is 3.64. The second-order valence-electron chi connectivity index (χ2n) is 7.74. The quantitative estimate of drug-likeness (QED) is 0.569. The maximum Gasteiger partial charge on any atom is 0.229 e. The number of nitrogens with one attached hydrogen (secondary N) is 1. The highest BCUT2D eigenvalue weighted by atomic mass is 19.1. The van der Waals surface area contributed by atoms with Gasteiger partial charge < -0.3 is 16.8 Å². The summed E-state index contributed by atoms with van der Waals surface area (Å²) in [6, 6.07) is 5.43. The molecule has 1 saturated carbocycles. The van der Waals surface area contributed by atoms with Gasteiger partial charge in [-0.3, -0.25) is 9.78 Å². The van der Waals surface area contributed by atoms with Gasteiger partial charge in [0.25, 0.3) is 0 Å². The number of carbonyl (C=O) groups excluding carboxylic acids is 1. The van der Waals surface area contributed by atoms with Crippen molar-refractivity contribution in [2.24, 2.45) is 17.8 Å². The number of nitrogen functional groups attached to an aromatic ring is 2. The second kappa shape index (κ2) is 7.26. The molecule has 0 aliphatic heterocycles. The van der Waals surface area contributed by atoms with Crippen LogP contribution in [0.1, 0.15) is 18.9 Å². The highest BCUT2D eigenvalue weighted by molar-refractivity contribution is 6.00. The first-order valence-corrected chi connectivity index (χ1v) is 9.59. The summed E-state index contributed by atoms with van der Waals surface area (Å²) in [5.74, 6) is -0.339. The van der Waals surface area contributed by atoms with Crippen molar-refractivity contribution in [3.8, 4) is 17.2 Å². The van der Waals surface area contributed by atoms with Crippen LogP contribution in [-0.4, -0.2) is 15.9 Å². The van der Waals surface area contributed by atoms with Gasteiger partial charge >= 0.3 is 0 Å². The maximum atomic E-state index is 15.0. The molecule has 1 aliphatic carbocycles. The lowest BCUT2D eigenvalue weighted by Gasteiger charge is -2.13. The van der Waals surface area contributed by atoms with Crippen LogP contribution in [0.2, 0.25) is 0 Å². The minimum atomic E-state index is -0.567. The van der Waals surface area contributed by atoms with Gasteiger partial charge in [-0.05, 0) is 41.8 Å². The minimum Gasteiger partial charge on any atom is -0.397 e. The van der Waals surface area contributed by atoms with Crippen molar-refractivity contribution in [3.05, 3.63) is 42.1 Å². The zero-order chi connectivity index (χ0) is 21.6. The summed E-state index contributed by atoms with van der Waals surface area (Å²) in [5, 5.41) is 12.7. The molecule has 1 aromatic carbocycles. The Kier molecular flexibility index (Phi) is 4.74. The van der Waals surface area contributed by atoms with E-state index in [-0.39, 0.29) is 34.9 Å². The average Bonchev–Trinajstić information content (AvgIpc) is 3.36. The molecule has 3 aromatic rings. The van der Waals surface area contributed by atoms with Gasteiger partial charge in [-0.15, -0.1) is 0 Å². The molecule has 2 heterocycles. The Morgan fingerprint density at radius 1 is 1.27 bits per heavy atom. The number of nitrogens with two attached hydrogens (primary N) is 2. The smallest absolute Gasteiger partial charge is 0.229 e. The Bertz CT molecular complexity index is 1220. The largest absolute Gasteiger partial charge is 0.397 e. The molecule has 8 heteroatoms. The normalized spacial score (nSPS) is 20.0. The molecule has 7 nitrogen and oxygen atoms in total. The lowest BCUT2D eigenvalue weighted by atomic mass is 9.97. The van der Waals surface area contributed by atoms with E-state index in [2.05, 4.69) is 21.4 Å². The van der Waals surface area contributed by atoms with Gasteiger partial charge in [-0.1, -0.05) is 6.92 Å². The number of aromatic nitrogens is 2. The van der Waals surface area contributed by atoms with Gasteiger partial charge in [0.2, 0.25) is 5.91 Å². The summed E-state index contributed by atoms with van der Waals surface area (Å²) < 4.78 is 15.0. The molecule has 4 rings (SSSR count). The van der Waals surface area contributed by atoms with Gasteiger partial charge in [-0.25, -0.2) is 9.37 Å². The van der Waals surface area contributed by atoms with Crippen LogP contribution < -0.4 is 16.8 Å². The molecule has 5 N–H and O–H groups in total. The summed E-state index contributed by atoms with van der Waals surface area (Å²) in [5.41, 5.74) is 13.9. The third-order valence-corrected chi connectivity index (χ3v) is 5.99. The number of nitriles is 1. The van der Waals surface area contributed by atoms with Gasteiger partial charge in [0, 0.05) is 41.2 Å². The summed E-state index contributed by atoms with van der Waals surface area (Å²) >= 11 is 0. The molecule has 0 bridgehead atoms. The van der Waals surface area contributed by atoms with Crippen LogP contribution in [0.25, 0.3) is 21.9 Å². The van der Waals surface area contributed by atoms with Crippen LogP contribution in [0, 0.1) is 41.8 Å². The topological polar surface area (TPSA) is 131 Å². The Hall–Kier alpha value is -3.73. The lowest BCUT2D eigenvalue weighted by molar-refractivity contribution is -0.117. The average molecular weight is 404 g/mol. The van der Waals surface area contributed by atoms with Crippen LogP contribution in [0.4, 0.5) is 21.6 Å². The number of pyridine rings is 2. The molecule has 1 fully saturated rings. The number of halogens is 1. The zero-order valence-corrected chi connectivity index (χ0v) is 16.6. The third-order valence-electron chi connectivity index (χ3n) is 5.99. The second-order valence-corrected chi connectivity index (χ2v) is 7.74. The molecule has 0 radical (unpaired) electrons. The number of benzene rings is 1. The first-order valence-electron chi connectivity index (χ1n) is 9.59. The monoisotopic (exact) mass is 404 g/mol. The van der Waals surface area contributed by atoms with E-state index in [4.69, 9.17) is 16.7 Å². The lowest BCUT2D eigenvalue weighted by Crippen LogP contribution is -2.16. The summed E-state index contributed by atoms with van der Waals surface area (Å²) in [6.07, 6.45) is 4.86. The Morgan fingerprint density at radius 3 is 2.77 bits per heavy atom. The molecule has 1 unspecified atom stereocenters. The summed E-state index contributed by atoms with van der Waals surface area (Å²) in [7, 11) is 0. The van der Waals surface area contributed by atoms with E-state index < -0.39 is 5.82 Å². The predicted molar refractivity (Wildman–Crippen MR) is 113 cm³/mol. The van der Waals surface area contributed by atoms with Crippen molar-refractivity contribution in [1.29, 1.82) is 5.26 Å². The fourth-order valence-corrected chi connectivity index (χ4v) is 3.98. The van der Waals surface area contributed by atoms with Gasteiger partial charge in [0.05, 0.1) is 23.6 Å². The molecule has 152 valence electrons. The molecule has 1 amide bonds. The van der Waals surface area contributed by atoms with E-state index in [0.29, 0.717) is 39.8 Å². The van der Waals surface area contributed by atoms with E-state index in [1.807, 2.05) is 6.92 Å². The van der Waals surface area contributed by atoms with Crippen LogP contribution in [0.3, 0.4) is 0 Å². The number of hydrogen-bond donors (Lipinski definition) is 3. The highest BCUT2D eigenvalue weighted by Crippen LogP contribution is 2.48. The molecule has 1 aliphatic rings. The number of hydrogen-bond acceptors (Lipinski definition) is 6. The van der Waals surface area contributed by atoms with E-state index in [1.54, 1.807) is 25.3 Å². The molecule has 0 saturated heterocycles. The zero-order valence-electron chi connectivity index (χ0n) is 16.6. The van der Waals surface area contributed by atoms with Gasteiger partial charge in [0.15, 0.2) is 5.82 Å².